The Kier molecular flexibility index (Phi) is 7.65. The normalized spacial score (nSPS) is 20.5. The molecule has 0 unspecified atom stereocenters. The van der Waals surface area contributed by atoms with Crippen molar-refractivity contribution in [1.82, 2.24) is 9.21 Å². The van der Waals surface area contributed by atoms with Crippen molar-refractivity contribution in [3.05, 3.63) is 54.1 Å². The number of carbonyl (C=O) groups is 1. The summed E-state index contributed by atoms with van der Waals surface area (Å²) in [4.78, 5) is 13.9. The molecule has 3 rings (SSSR count). The van der Waals surface area contributed by atoms with Gasteiger partial charge in [-0.1, -0.05) is 18.2 Å². The third kappa shape index (κ3) is 6.21. The number of rotatable bonds is 6. The number of nitrogens with one attached hydrogen (secondary N) is 1. The zero-order valence-electron chi connectivity index (χ0n) is 19.3. The second kappa shape index (κ2) is 9.88. The number of sulfone groups is 1. The van der Waals surface area contributed by atoms with Gasteiger partial charge in [-0.25, -0.2) is 16.8 Å². The average molecular weight is 534 g/mol. The van der Waals surface area contributed by atoms with Crippen LogP contribution in [-0.4, -0.2) is 69.9 Å². The molecule has 2 aromatic rings. The van der Waals surface area contributed by atoms with Crippen molar-refractivity contribution in [1.29, 1.82) is 0 Å². The lowest BCUT2D eigenvalue weighted by atomic mass is 10.1. The molecular formula is C22H26F3N3O5S2. The maximum atomic E-state index is 13.3. The van der Waals surface area contributed by atoms with Crippen molar-refractivity contribution in [3.8, 4) is 0 Å². The van der Waals surface area contributed by atoms with Gasteiger partial charge in [0.2, 0.25) is 15.9 Å². The smallest absolute Gasteiger partial charge is 0.324 e. The number of halogens is 3. The van der Waals surface area contributed by atoms with Crippen LogP contribution in [0.2, 0.25) is 0 Å². The fourth-order valence-corrected chi connectivity index (χ4v) is 6.83. The number of amides is 1. The lowest BCUT2D eigenvalue weighted by molar-refractivity contribution is -0.137. The van der Waals surface area contributed by atoms with Gasteiger partial charge in [-0.2, -0.15) is 17.5 Å². The third-order valence-corrected chi connectivity index (χ3v) is 8.83. The Morgan fingerprint density at radius 3 is 2.11 bits per heavy atom. The Labute approximate surface area is 202 Å². The molecule has 0 saturated carbocycles. The van der Waals surface area contributed by atoms with Gasteiger partial charge in [0.25, 0.3) is 0 Å². The molecule has 0 spiro atoms. The Bertz CT molecular complexity index is 1300. The quantitative estimate of drug-likeness (QED) is 0.613. The second-order valence-electron chi connectivity index (χ2n) is 8.57. The highest BCUT2D eigenvalue weighted by atomic mass is 32.2. The summed E-state index contributed by atoms with van der Waals surface area (Å²) in [5.74, 6) is -0.654. The van der Waals surface area contributed by atoms with Crippen LogP contribution in [0.3, 0.4) is 0 Å². The molecule has 0 bridgehead atoms. The highest BCUT2D eigenvalue weighted by Crippen LogP contribution is 2.34. The molecule has 1 fully saturated rings. The standard InChI is InChI=1S/C22H26F3N3O5S2/c1-15-12-27(14-21(29)26-20-10-5-4-9-19(20)22(23,24)25)13-16(2)28(15)35(32,33)18-8-6-7-17(11-18)34(3,30)31/h4-11,15-16H,12-14H2,1-3H3,(H,26,29)/t15-,16+. The molecule has 0 radical (unpaired) electrons. The summed E-state index contributed by atoms with van der Waals surface area (Å²) in [5, 5.41) is 2.29. The van der Waals surface area contributed by atoms with Gasteiger partial charge in [0.15, 0.2) is 9.84 Å². The molecule has 2 aromatic carbocycles. The van der Waals surface area contributed by atoms with Crippen LogP contribution in [-0.2, 0) is 30.8 Å². The number of hydrogen-bond acceptors (Lipinski definition) is 6. The van der Waals surface area contributed by atoms with Crippen molar-refractivity contribution in [3.63, 3.8) is 0 Å². The van der Waals surface area contributed by atoms with Crippen LogP contribution in [0.15, 0.2) is 58.3 Å². The molecule has 1 saturated heterocycles. The van der Waals surface area contributed by atoms with Crippen molar-refractivity contribution < 1.29 is 34.8 Å². The summed E-state index contributed by atoms with van der Waals surface area (Å²) in [6.45, 7) is 3.39. The first-order valence-electron chi connectivity index (χ1n) is 10.6. The number of sulfonamides is 1. The van der Waals surface area contributed by atoms with Crippen LogP contribution in [0.5, 0.6) is 0 Å². The lowest BCUT2D eigenvalue weighted by Gasteiger charge is -2.43. The van der Waals surface area contributed by atoms with Gasteiger partial charge >= 0.3 is 6.18 Å². The van der Waals surface area contributed by atoms with Crippen LogP contribution in [0, 0.1) is 0 Å². The van der Waals surface area contributed by atoms with Crippen LogP contribution < -0.4 is 5.32 Å². The predicted molar refractivity (Wildman–Crippen MR) is 124 cm³/mol. The Balaban J connectivity index is 1.73. The molecular weight excluding hydrogens is 507 g/mol. The average Bonchev–Trinajstić information content (AvgIpc) is 2.72. The zero-order valence-corrected chi connectivity index (χ0v) is 20.9. The van der Waals surface area contributed by atoms with Crippen LogP contribution in [0.25, 0.3) is 0 Å². The Morgan fingerprint density at radius 1 is 0.971 bits per heavy atom. The molecule has 35 heavy (non-hydrogen) atoms. The topological polar surface area (TPSA) is 104 Å². The summed E-state index contributed by atoms with van der Waals surface area (Å²) >= 11 is 0. The van der Waals surface area contributed by atoms with Crippen molar-refractivity contribution in [2.45, 2.75) is 41.9 Å². The van der Waals surface area contributed by atoms with E-state index in [1.54, 1.807) is 18.7 Å². The van der Waals surface area contributed by atoms with E-state index in [1.165, 1.54) is 40.7 Å². The van der Waals surface area contributed by atoms with E-state index in [9.17, 15) is 34.8 Å². The monoisotopic (exact) mass is 533 g/mol. The highest BCUT2D eigenvalue weighted by molar-refractivity contribution is 7.91. The molecule has 2 atom stereocenters. The van der Waals surface area contributed by atoms with Gasteiger partial charge in [0.1, 0.15) is 0 Å². The molecule has 0 aromatic heterocycles. The highest BCUT2D eigenvalue weighted by Gasteiger charge is 2.39. The third-order valence-electron chi connectivity index (χ3n) is 5.60. The van der Waals surface area contributed by atoms with E-state index < -0.39 is 49.6 Å². The number of piperazine rings is 1. The Hall–Kier alpha value is -2.48. The molecule has 1 aliphatic rings. The molecule has 1 N–H and O–H groups in total. The van der Waals surface area contributed by atoms with E-state index in [1.807, 2.05) is 0 Å². The summed E-state index contributed by atoms with van der Waals surface area (Å²) in [6, 6.07) is 8.60. The maximum absolute atomic E-state index is 13.3. The minimum atomic E-state index is -4.62. The van der Waals surface area contributed by atoms with Crippen LogP contribution in [0.1, 0.15) is 19.4 Å². The van der Waals surface area contributed by atoms with Crippen molar-refractivity contribution >= 4 is 31.5 Å². The molecule has 1 amide bonds. The molecule has 192 valence electrons. The van der Waals surface area contributed by atoms with E-state index in [0.29, 0.717) is 0 Å². The SMILES string of the molecule is C[C@@H]1CN(CC(=O)Nc2ccccc2C(F)(F)F)C[C@H](C)N1S(=O)(=O)c1cccc(S(C)(=O)=O)c1. The fourth-order valence-electron chi connectivity index (χ4n) is 4.24. The van der Waals surface area contributed by atoms with Gasteiger partial charge in [0, 0.05) is 31.4 Å². The van der Waals surface area contributed by atoms with E-state index in [0.717, 1.165) is 18.4 Å². The zero-order chi connectivity index (χ0) is 26.2. The number of anilines is 1. The number of carbonyl (C=O) groups excluding carboxylic acids is 1. The minimum Gasteiger partial charge on any atom is -0.324 e. The van der Waals surface area contributed by atoms with Crippen LogP contribution >= 0.6 is 0 Å². The lowest BCUT2D eigenvalue weighted by Crippen LogP contribution is -2.59. The van der Waals surface area contributed by atoms with E-state index in [-0.39, 0.29) is 35.1 Å². The largest absolute Gasteiger partial charge is 0.418 e. The van der Waals surface area contributed by atoms with Crippen LogP contribution in [0.4, 0.5) is 18.9 Å². The van der Waals surface area contributed by atoms with Crippen molar-refractivity contribution in [2.75, 3.05) is 31.2 Å². The number of benzene rings is 2. The molecule has 1 aliphatic heterocycles. The van der Waals surface area contributed by atoms with Gasteiger partial charge in [-0.15, -0.1) is 0 Å². The number of para-hydroxylation sites is 1. The Morgan fingerprint density at radius 2 is 1.54 bits per heavy atom. The minimum absolute atomic E-state index is 0.117. The first-order valence-corrected chi connectivity index (χ1v) is 14.0. The first kappa shape index (κ1) is 27.1. The molecule has 13 heteroatoms. The first-order chi connectivity index (χ1) is 16.1. The summed E-state index contributed by atoms with van der Waals surface area (Å²) in [6.07, 6.45) is -3.64. The molecule has 1 heterocycles. The van der Waals surface area contributed by atoms with E-state index in [4.69, 9.17) is 0 Å². The second-order valence-corrected chi connectivity index (χ2v) is 12.4. The summed E-state index contributed by atoms with van der Waals surface area (Å²) < 4.78 is 91.2. The number of hydrogen-bond donors (Lipinski definition) is 1. The fraction of sp³-hybridized carbons (Fsp3) is 0.409. The molecule has 0 aliphatic carbocycles. The van der Waals surface area contributed by atoms with E-state index >= 15 is 0 Å². The van der Waals surface area contributed by atoms with Gasteiger partial charge in [-0.3, -0.25) is 9.69 Å². The van der Waals surface area contributed by atoms with Gasteiger partial charge < -0.3 is 5.32 Å². The van der Waals surface area contributed by atoms with Gasteiger partial charge in [0.05, 0.1) is 27.6 Å². The number of nitrogens with zero attached hydrogens (tertiary/aromatic N) is 2. The van der Waals surface area contributed by atoms with Crippen molar-refractivity contribution in [2.24, 2.45) is 0 Å². The summed E-state index contributed by atoms with van der Waals surface area (Å²) in [7, 11) is -7.66. The molecule has 8 nitrogen and oxygen atoms in total. The number of alkyl halides is 3. The maximum Gasteiger partial charge on any atom is 0.418 e. The van der Waals surface area contributed by atoms with Gasteiger partial charge in [-0.05, 0) is 44.2 Å². The summed E-state index contributed by atoms with van der Waals surface area (Å²) in [5.41, 5.74) is -1.31. The van der Waals surface area contributed by atoms with E-state index in [2.05, 4.69) is 5.32 Å². The predicted octanol–water partition coefficient (Wildman–Crippen LogP) is 2.83.